The van der Waals surface area contributed by atoms with Crippen molar-refractivity contribution in [3.63, 3.8) is 0 Å². The maximum absolute atomic E-state index is 10.1. The molecule has 0 spiro atoms. The van der Waals surface area contributed by atoms with Gasteiger partial charge in [0.05, 0.1) is 18.8 Å². The number of hydrogen-bond acceptors (Lipinski definition) is 6. The molecule has 22 heavy (non-hydrogen) atoms. The molecule has 0 bridgehead atoms. The van der Waals surface area contributed by atoms with Crippen LogP contribution in [0.4, 0.5) is 0 Å². The summed E-state index contributed by atoms with van der Waals surface area (Å²) in [6, 6.07) is 9.73. The number of fused-ring (bicyclic) bond motifs is 3. The predicted octanol–water partition coefficient (Wildman–Crippen LogP) is 1.55. The van der Waals surface area contributed by atoms with E-state index < -0.39 is 6.29 Å². The number of ether oxygens (including phenoxy) is 4. The summed E-state index contributed by atoms with van der Waals surface area (Å²) in [6.45, 7) is 1.08. The van der Waals surface area contributed by atoms with Crippen molar-refractivity contribution in [1.82, 2.24) is 5.06 Å². The number of methoxy groups -OCH3 is 1. The zero-order valence-electron chi connectivity index (χ0n) is 12.5. The minimum Gasteiger partial charge on any atom is -0.354 e. The fraction of sp³-hybridized carbons (Fsp3) is 0.625. The Bertz CT molecular complexity index is 513. The SMILES string of the molecule is CO[C@H]1O[C@@H]2CO[C@@H](c3ccccc3)O[C@H]2[C@@H]2CCN(O)[C@H]12. The van der Waals surface area contributed by atoms with Gasteiger partial charge < -0.3 is 24.2 Å². The van der Waals surface area contributed by atoms with Gasteiger partial charge in [0, 0.05) is 25.1 Å². The zero-order valence-corrected chi connectivity index (χ0v) is 12.5. The van der Waals surface area contributed by atoms with Crippen molar-refractivity contribution in [2.24, 2.45) is 5.92 Å². The molecule has 0 aliphatic carbocycles. The molecule has 3 heterocycles. The first-order valence-corrected chi connectivity index (χ1v) is 7.73. The molecule has 4 rings (SSSR count). The van der Waals surface area contributed by atoms with Crippen LogP contribution in [0.25, 0.3) is 0 Å². The van der Waals surface area contributed by atoms with Gasteiger partial charge in [0.15, 0.2) is 12.6 Å². The first kappa shape index (κ1) is 14.6. The van der Waals surface area contributed by atoms with Crippen LogP contribution in [0.2, 0.25) is 0 Å². The summed E-state index contributed by atoms with van der Waals surface area (Å²) in [5.74, 6) is 0.184. The van der Waals surface area contributed by atoms with Gasteiger partial charge in [-0.25, -0.2) is 0 Å². The summed E-state index contributed by atoms with van der Waals surface area (Å²) in [5.41, 5.74) is 1.00. The van der Waals surface area contributed by atoms with Gasteiger partial charge in [0.1, 0.15) is 6.10 Å². The topological polar surface area (TPSA) is 60.4 Å². The highest BCUT2D eigenvalue weighted by Crippen LogP contribution is 2.42. The first-order valence-electron chi connectivity index (χ1n) is 7.73. The van der Waals surface area contributed by atoms with E-state index in [1.165, 1.54) is 5.06 Å². The summed E-state index contributed by atoms with van der Waals surface area (Å²) in [6.07, 6.45) is -0.199. The number of hydrogen-bond donors (Lipinski definition) is 1. The van der Waals surface area contributed by atoms with Crippen molar-refractivity contribution < 1.29 is 24.2 Å². The van der Waals surface area contributed by atoms with E-state index in [1.807, 2.05) is 30.3 Å². The fourth-order valence-corrected chi connectivity index (χ4v) is 3.80. The van der Waals surface area contributed by atoms with Gasteiger partial charge >= 0.3 is 0 Å². The monoisotopic (exact) mass is 307 g/mol. The van der Waals surface area contributed by atoms with E-state index in [2.05, 4.69) is 0 Å². The first-order chi connectivity index (χ1) is 10.8. The van der Waals surface area contributed by atoms with E-state index in [1.54, 1.807) is 7.11 Å². The van der Waals surface area contributed by atoms with Crippen molar-refractivity contribution in [3.05, 3.63) is 35.9 Å². The Morgan fingerprint density at radius 2 is 2.05 bits per heavy atom. The van der Waals surface area contributed by atoms with Crippen LogP contribution in [0.3, 0.4) is 0 Å². The summed E-state index contributed by atoms with van der Waals surface area (Å²) >= 11 is 0. The average Bonchev–Trinajstić information content (AvgIpc) is 2.97. The highest BCUT2D eigenvalue weighted by molar-refractivity contribution is 5.16. The zero-order chi connectivity index (χ0) is 15.1. The fourth-order valence-electron chi connectivity index (χ4n) is 3.80. The normalized spacial score (nSPS) is 41.9. The van der Waals surface area contributed by atoms with Gasteiger partial charge in [-0.2, -0.15) is 5.06 Å². The van der Waals surface area contributed by atoms with Crippen LogP contribution in [-0.2, 0) is 18.9 Å². The van der Waals surface area contributed by atoms with Gasteiger partial charge in [-0.3, -0.25) is 0 Å². The van der Waals surface area contributed by atoms with Crippen molar-refractivity contribution in [1.29, 1.82) is 0 Å². The van der Waals surface area contributed by atoms with E-state index in [9.17, 15) is 5.21 Å². The molecule has 120 valence electrons. The highest BCUT2D eigenvalue weighted by Gasteiger charge is 2.54. The van der Waals surface area contributed by atoms with Gasteiger partial charge in [0.25, 0.3) is 0 Å². The lowest BCUT2D eigenvalue weighted by atomic mass is 9.87. The summed E-state index contributed by atoms with van der Waals surface area (Å²) in [7, 11) is 1.60. The Morgan fingerprint density at radius 1 is 1.23 bits per heavy atom. The molecule has 0 unspecified atom stereocenters. The van der Waals surface area contributed by atoms with Crippen molar-refractivity contribution in [2.75, 3.05) is 20.3 Å². The molecule has 0 saturated carbocycles. The van der Waals surface area contributed by atoms with E-state index in [0.717, 1.165) is 12.0 Å². The molecule has 6 atom stereocenters. The lowest BCUT2D eigenvalue weighted by Crippen LogP contribution is -2.60. The minimum absolute atomic E-state index is 0.0903. The lowest BCUT2D eigenvalue weighted by Gasteiger charge is -2.47. The van der Waals surface area contributed by atoms with E-state index in [0.29, 0.717) is 13.2 Å². The van der Waals surface area contributed by atoms with Crippen molar-refractivity contribution in [2.45, 2.75) is 37.3 Å². The van der Waals surface area contributed by atoms with Crippen LogP contribution in [-0.4, -0.2) is 55.1 Å². The molecule has 3 aliphatic heterocycles. The third kappa shape index (κ3) is 2.36. The Balaban J connectivity index is 1.56. The maximum atomic E-state index is 10.1. The number of benzene rings is 1. The van der Waals surface area contributed by atoms with E-state index in [-0.39, 0.29) is 30.5 Å². The molecule has 6 nitrogen and oxygen atoms in total. The Hall–Kier alpha value is -1.02. The van der Waals surface area contributed by atoms with Gasteiger partial charge in [-0.1, -0.05) is 30.3 Å². The molecule has 6 heteroatoms. The van der Waals surface area contributed by atoms with Crippen LogP contribution in [0, 0.1) is 5.92 Å². The predicted molar refractivity (Wildman–Crippen MR) is 76.1 cm³/mol. The number of hydroxylamine groups is 2. The summed E-state index contributed by atoms with van der Waals surface area (Å²) in [5, 5.41) is 11.4. The second-order valence-corrected chi connectivity index (χ2v) is 6.06. The molecular weight excluding hydrogens is 286 g/mol. The van der Waals surface area contributed by atoms with Crippen LogP contribution in [0.1, 0.15) is 18.3 Å². The molecule has 1 aromatic rings. The molecule has 3 saturated heterocycles. The van der Waals surface area contributed by atoms with Crippen LogP contribution in [0.5, 0.6) is 0 Å². The standard InChI is InChI=1S/C16H21NO5/c1-19-16-13-11(7-8-17(13)18)14-12(21-16)9-20-15(22-14)10-5-3-2-4-6-10/h2-6,11-16,18H,7-9H2,1H3/t11-,12-,13+,14+,15-,16+/m1/s1. The number of nitrogens with zero attached hydrogens (tertiary/aromatic N) is 1. The summed E-state index contributed by atoms with van der Waals surface area (Å²) < 4.78 is 23.3. The molecule has 0 aromatic heterocycles. The smallest absolute Gasteiger partial charge is 0.184 e. The van der Waals surface area contributed by atoms with Crippen molar-refractivity contribution in [3.8, 4) is 0 Å². The molecule has 0 radical (unpaired) electrons. The van der Waals surface area contributed by atoms with Crippen LogP contribution >= 0.6 is 0 Å². The van der Waals surface area contributed by atoms with E-state index in [4.69, 9.17) is 18.9 Å². The van der Waals surface area contributed by atoms with Gasteiger partial charge in [0.2, 0.25) is 0 Å². The van der Waals surface area contributed by atoms with E-state index >= 15 is 0 Å². The van der Waals surface area contributed by atoms with Crippen LogP contribution < -0.4 is 0 Å². The number of rotatable bonds is 2. The third-order valence-electron chi connectivity index (χ3n) is 4.85. The quantitative estimate of drug-likeness (QED) is 0.894. The Morgan fingerprint density at radius 3 is 2.82 bits per heavy atom. The lowest BCUT2D eigenvalue weighted by molar-refractivity contribution is -0.347. The molecule has 1 N–H and O–H groups in total. The molecular formula is C16H21NO5. The van der Waals surface area contributed by atoms with Crippen molar-refractivity contribution >= 4 is 0 Å². The second-order valence-electron chi connectivity index (χ2n) is 6.06. The summed E-state index contributed by atoms with van der Waals surface area (Å²) in [4.78, 5) is 0. The largest absolute Gasteiger partial charge is 0.354 e. The molecule has 0 amide bonds. The van der Waals surface area contributed by atoms with Gasteiger partial charge in [-0.15, -0.1) is 0 Å². The van der Waals surface area contributed by atoms with Crippen LogP contribution in [0.15, 0.2) is 30.3 Å². The average molecular weight is 307 g/mol. The maximum Gasteiger partial charge on any atom is 0.184 e. The molecule has 3 fully saturated rings. The molecule has 3 aliphatic rings. The minimum atomic E-state index is -0.445. The van der Waals surface area contributed by atoms with Gasteiger partial charge in [-0.05, 0) is 6.42 Å². The third-order valence-corrected chi connectivity index (χ3v) is 4.85. The Kier molecular flexibility index (Phi) is 3.89. The Labute approximate surface area is 129 Å². The molecule has 1 aromatic carbocycles. The highest BCUT2D eigenvalue weighted by atomic mass is 16.7. The second kappa shape index (κ2) is 5.88.